The number of hydrogen-bond acceptors (Lipinski definition) is 5. The number of hydrogen-bond donors (Lipinski definition) is 0. The van der Waals surface area contributed by atoms with Crippen LogP contribution in [0.5, 0.6) is 11.5 Å². The number of rotatable bonds is 7. The predicted octanol–water partition coefficient (Wildman–Crippen LogP) is 7.17. The van der Waals surface area contributed by atoms with Crippen molar-refractivity contribution in [1.82, 2.24) is 4.90 Å². The first-order chi connectivity index (χ1) is 16.9. The summed E-state index contributed by atoms with van der Waals surface area (Å²) in [6, 6.07) is 19.2. The molecule has 0 unspecified atom stereocenters. The number of amidine groups is 1. The van der Waals surface area contributed by atoms with Crippen molar-refractivity contribution in [2.75, 3.05) is 13.7 Å². The Labute approximate surface area is 215 Å². The first-order valence-electron chi connectivity index (χ1n) is 11.3. The number of carbonyl (C=O) groups is 1. The second kappa shape index (κ2) is 11.0. The maximum atomic E-state index is 13.1. The number of thioether (sulfide) groups is 1. The van der Waals surface area contributed by atoms with Gasteiger partial charge in [-0.25, -0.2) is 4.99 Å². The van der Waals surface area contributed by atoms with Gasteiger partial charge in [0, 0.05) is 11.6 Å². The van der Waals surface area contributed by atoms with Crippen molar-refractivity contribution in [2.45, 2.75) is 27.4 Å². The van der Waals surface area contributed by atoms with Crippen molar-refractivity contribution in [3.05, 3.63) is 92.8 Å². The number of halogens is 1. The van der Waals surface area contributed by atoms with E-state index < -0.39 is 0 Å². The molecule has 3 aromatic rings. The van der Waals surface area contributed by atoms with E-state index >= 15 is 0 Å². The molecule has 1 aliphatic rings. The van der Waals surface area contributed by atoms with Crippen LogP contribution in [0.4, 0.5) is 5.69 Å². The fourth-order valence-corrected chi connectivity index (χ4v) is 4.75. The maximum absolute atomic E-state index is 13.1. The Morgan fingerprint density at radius 1 is 1.00 bits per heavy atom. The van der Waals surface area contributed by atoms with Crippen LogP contribution in [0.25, 0.3) is 6.08 Å². The molecule has 0 radical (unpaired) electrons. The van der Waals surface area contributed by atoms with Crippen molar-refractivity contribution in [3.63, 3.8) is 0 Å². The van der Waals surface area contributed by atoms with Crippen molar-refractivity contribution in [2.24, 2.45) is 4.99 Å². The van der Waals surface area contributed by atoms with E-state index in [1.807, 2.05) is 73.7 Å². The Hall–Kier alpha value is -3.22. The van der Waals surface area contributed by atoms with Gasteiger partial charge in [-0.15, -0.1) is 0 Å². The average molecular weight is 507 g/mol. The van der Waals surface area contributed by atoms with Crippen molar-refractivity contribution >= 4 is 46.2 Å². The third-order valence-corrected chi connectivity index (χ3v) is 6.97. The van der Waals surface area contributed by atoms with Gasteiger partial charge in [-0.1, -0.05) is 35.9 Å². The van der Waals surface area contributed by atoms with Crippen LogP contribution >= 0.6 is 23.4 Å². The molecule has 1 amide bonds. The van der Waals surface area contributed by atoms with Crippen LogP contribution in [0.3, 0.4) is 0 Å². The van der Waals surface area contributed by atoms with Gasteiger partial charge in [0.1, 0.15) is 6.61 Å². The lowest BCUT2D eigenvalue weighted by Gasteiger charge is -2.12. The highest BCUT2D eigenvalue weighted by molar-refractivity contribution is 8.18. The van der Waals surface area contributed by atoms with E-state index in [2.05, 4.69) is 13.8 Å². The minimum absolute atomic E-state index is 0.0536. The van der Waals surface area contributed by atoms with E-state index in [0.717, 1.165) is 16.8 Å². The van der Waals surface area contributed by atoms with Gasteiger partial charge in [-0.3, -0.25) is 9.69 Å². The molecule has 0 aromatic heterocycles. The SMILES string of the molecule is CCN1C(=O)/C(=C\c2ccc(OCc3ccc(Cl)cc3)c(OC)c2)SC1=Nc1ccc(C)c(C)c1. The van der Waals surface area contributed by atoms with Gasteiger partial charge in [0.25, 0.3) is 5.91 Å². The minimum Gasteiger partial charge on any atom is -0.493 e. The van der Waals surface area contributed by atoms with Gasteiger partial charge in [-0.05, 0) is 97.3 Å². The molecule has 5 nitrogen and oxygen atoms in total. The summed E-state index contributed by atoms with van der Waals surface area (Å²) in [5, 5.41) is 1.37. The molecule has 1 fully saturated rings. The number of carbonyl (C=O) groups excluding carboxylic acids is 1. The number of aliphatic imine (C=N–C) groups is 1. The molecule has 0 aliphatic carbocycles. The lowest BCUT2D eigenvalue weighted by molar-refractivity contribution is -0.122. The van der Waals surface area contributed by atoms with E-state index in [9.17, 15) is 4.79 Å². The highest BCUT2D eigenvalue weighted by Gasteiger charge is 2.32. The molecule has 0 saturated carbocycles. The highest BCUT2D eigenvalue weighted by Crippen LogP contribution is 2.36. The fourth-order valence-electron chi connectivity index (χ4n) is 3.56. The Kier molecular flexibility index (Phi) is 7.83. The number of aryl methyl sites for hydroxylation is 2. The van der Waals surface area contributed by atoms with Crippen LogP contribution in [0.1, 0.15) is 29.2 Å². The Morgan fingerprint density at radius 3 is 2.46 bits per heavy atom. The van der Waals surface area contributed by atoms with Crippen molar-refractivity contribution in [3.8, 4) is 11.5 Å². The van der Waals surface area contributed by atoms with Gasteiger partial charge in [0.15, 0.2) is 16.7 Å². The molecule has 35 heavy (non-hydrogen) atoms. The molecule has 0 atom stereocenters. The van der Waals surface area contributed by atoms with Gasteiger partial charge < -0.3 is 9.47 Å². The standard InChI is InChI=1S/C28H27ClN2O3S/c1-5-31-27(32)26(35-28(31)30-23-12-6-18(2)19(3)14-23)16-21-9-13-24(25(15-21)33-4)34-17-20-7-10-22(29)11-8-20/h6-16H,5,17H2,1-4H3/b26-16+,30-28?. The summed E-state index contributed by atoms with van der Waals surface area (Å²) in [7, 11) is 1.60. The lowest BCUT2D eigenvalue weighted by Crippen LogP contribution is -2.28. The Morgan fingerprint density at radius 2 is 1.77 bits per heavy atom. The van der Waals surface area contributed by atoms with Crippen LogP contribution in [0.15, 0.2) is 70.6 Å². The third kappa shape index (κ3) is 5.89. The van der Waals surface area contributed by atoms with E-state index in [0.29, 0.717) is 39.7 Å². The van der Waals surface area contributed by atoms with Crippen LogP contribution in [0.2, 0.25) is 5.02 Å². The smallest absolute Gasteiger partial charge is 0.266 e. The molecular formula is C28H27ClN2O3S. The average Bonchev–Trinajstić information content (AvgIpc) is 3.14. The number of amides is 1. The Balaban J connectivity index is 1.54. The largest absolute Gasteiger partial charge is 0.493 e. The van der Waals surface area contributed by atoms with Gasteiger partial charge >= 0.3 is 0 Å². The van der Waals surface area contributed by atoms with Crippen molar-refractivity contribution in [1.29, 1.82) is 0 Å². The van der Waals surface area contributed by atoms with E-state index in [1.165, 1.54) is 22.9 Å². The van der Waals surface area contributed by atoms with E-state index in [1.54, 1.807) is 12.0 Å². The van der Waals surface area contributed by atoms with Crippen LogP contribution in [0, 0.1) is 13.8 Å². The second-order valence-electron chi connectivity index (χ2n) is 8.15. The number of likely N-dealkylation sites (N-methyl/N-ethyl adjacent to an activating group) is 1. The van der Waals surface area contributed by atoms with Gasteiger partial charge in [0.05, 0.1) is 17.7 Å². The summed E-state index contributed by atoms with van der Waals surface area (Å²) in [5.41, 5.74) is 5.08. The lowest BCUT2D eigenvalue weighted by atomic mass is 10.1. The monoisotopic (exact) mass is 506 g/mol. The summed E-state index contributed by atoms with van der Waals surface area (Å²) >= 11 is 7.33. The zero-order valence-corrected chi connectivity index (χ0v) is 21.7. The van der Waals surface area contributed by atoms with Crippen LogP contribution < -0.4 is 9.47 Å². The topological polar surface area (TPSA) is 51.1 Å². The molecule has 1 aliphatic heterocycles. The molecule has 0 bridgehead atoms. The molecule has 0 N–H and O–H groups in total. The summed E-state index contributed by atoms with van der Waals surface area (Å²) in [4.78, 5) is 20.1. The zero-order valence-electron chi connectivity index (χ0n) is 20.2. The van der Waals surface area contributed by atoms with Gasteiger partial charge in [0.2, 0.25) is 0 Å². The predicted molar refractivity (Wildman–Crippen MR) is 145 cm³/mol. The first kappa shape index (κ1) is 24.9. The minimum atomic E-state index is -0.0536. The van der Waals surface area contributed by atoms with Gasteiger partial charge in [-0.2, -0.15) is 0 Å². The number of methoxy groups -OCH3 is 1. The van der Waals surface area contributed by atoms with Crippen molar-refractivity contribution < 1.29 is 14.3 Å². The summed E-state index contributed by atoms with van der Waals surface area (Å²) < 4.78 is 11.5. The molecule has 4 rings (SSSR count). The molecular weight excluding hydrogens is 480 g/mol. The summed E-state index contributed by atoms with van der Waals surface area (Å²) in [6.07, 6.45) is 1.87. The summed E-state index contributed by atoms with van der Waals surface area (Å²) in [5.74, 6) is 1.17. The van der Waals surface area contributed by atoms with E-state index in [4.69, 9.17) is 26.1 Å². The first-order valence-corrected chi connectivity index (χ1v) is 12.5. The molecule has 7 heteroatoms. The molecule has 3 aromatic carbocycles. The number of nitrogens with zero attached hydrogens (tertiary/aromatic N) is 2. The normalized spacial score (nSPS) is 15.8. The second-order valence-corrected chi connectivity index (χ2v) is 9.59. The van der Waals surface area contributed by atoms with E-state index in [-0.39, 0.29) is 5.91 Å². The molecule has 1 saturated heterocycles. The quantitative estimate of drug-likeness (QED) is 0.319. The molecule has 180 valence electrons. The highest BCUT2D eigenvalue weighted by atomic mass is 35.5. The zero-order chi connectivity index (χ0) is 24.9. The fraction of sp³-hybridized carbons (Fsp3) is 0.214. The third-order valence-electron chi connectivity index (χ3n) is 5.71. The van der Waals surface area contributed by atoms with Crippen LogP contribution in [-0.4, -0.2) is 29.6 Å². The number of benzene rings is 3. The molecule has 1 heterocycles. The Bertz CT molecular complexity index is 1300. The maximum Gasteiger partial charge on any atom is 0.266 e. The summed E-state index contributed by atoms with van der Waals surface area (Å²) in [6.45, 7) is 7.03. The molecule has 0 spiro atoms. The van der Waals surface area contributed by atoms with Crippen LogP contribution in [-0.2, 0) is 11.4 Å². The number of ether oxygens (including phenoxy) is 2.